The van der Waals surface area contributed by atoms with E-state index in [9.17, 15) is 19.2 Å². The fourth-order valence-electron chi connectivity index (χ4n) is 2.88. The smallest absolute Gasteiger partial charge is 0.344 e. The van der Waals surface area contributed by atoms with E-state index in [1.807, 2.05) is 0 Å². The number of H-pyrrole nitrogens is 1. The quantitative estimate of drug-likeness (QED) is 0.419. The molecule has 2 fully saturated rings. The topological polar surface area (TPSA) is 138 Å². The van der Waals surface area contributed by atoms with E-state index in [-0.39, 0.29) is 17.5 Å². The first kappa shape index (κ1) is 19.4. The van der Waals surface area contributed by atoms with E-state index in [0.717, 1.165) is 24.6 Å². The average Bonchev–Trinajstić information content (AvgIpc) is 3.32. The summed E-state index contributed by atoms with van der Waals surface area (Å²) in [6.45, 7) is 4.40. The number of nitrogens with zero attached hydrogens (tertiary/aromatic N) is 3. The molecule has 2 aliphatic rings. The first-order chi connectivity index (χ1) is 12.8. The number of ether oxygens (including phenoxy) is 1. The van der Waals surface area contributed by atoms with Gasteiger partial charge in [-0.05, 0) is 26.2 Å². The number of nitrogens with one attached hydrogen (secondary N) is 3. The third kappa shape index (κ3) is 4.00. The molecule has 4 amide bonds. The largest absolute Gasteiger partial charge is 0.376 e. The molecule has 0 bridgehead atoms. The molecule has 148 valence electrons. The van der Waals surface area contributed by atoms with E-state index < -0.39 is 23.4 Å². The lowest BCUT2D eigenvalue weighted by molar-refractivity contribution is -0.137. The van der Waals surface area contributed by atoms with E-state index in [4.69, 9.17) is 4.74 Å². The van der Waals surface area contributed by atoms with Crippen LogP contribution >= 0.6 is 11.8 Å². The van der Waals surface area contributed by atoms with Crippen molar-refractivity contribution in [2.45, 2.75) is 56.5 Å². The zero-order chi connectivity index (χ0) is 19.6. The number of carbonyl (C=O) groups excluding carboxylic acids is 3. The first-order valence-electron chi connectivity index (χ1n) is 8.70. The number of aromatic amines is 1. The van der Waals surface area contributed by atoms with Crippen LogP contribution in [0.4, 0.5) is 4.79 Å². The second-order valence-electron chi connectivity index (χ2n) is 6.64. The zero-order valence-corrected chi connectivity index (χ0v) is 15.9. The molecule has 2 unspecified atom stereocenters. The maximum atomic E-state index is 12.3. The number of carbonyl (C=O) groups is 3. The number of thioether (sulfide) groups is 1. The third-order valence-corrected chi connectivity index (χ3v) is 5.65. The predicted octanol–water partition coefficient (Wildman–Crippen LogP) is -0.406. The van der Waals surface area contributed by atoms with Crippen LogP contribution in [0, 0.1) is 0 Å². The lowest BCUT2D eigenvalue weighted by Gasteiger charge is -2.19. The summed E-state index contributed by atoms with van der Waals surface area (Å²) < 4.78 is 6.95. The number of aromatic nitrogens is 3. The Labute approximate surface area is 159 Å². The van der Waals surface area contributed by atoms with Gasteiger partial charge in [-0.3, -0.25) is 19.6 Å². The number of imide groups is 1. The molecule has 0 spiro atoms. The first-order valence-corrected chi connectivity index (χ1v) is 9.68. The summed E-state index contributed by atoms with van der Waals surface area (Å²) in [5, 5.41) is 9.87. The molecule has 0 radical (unpaired) electrons. The molecule has 3 N–H and O–H groups in total. The van der Waals surface area contributed by atoms with Crippen molar-refractivity contribution < 1.29 is 19.1 Å². The highest BCUT2D eigenvalue weighted by Gasteiger charge is 2.47. The van der Waals surface area contributed by atoms with Crippen molar-refractivity contribution in [3.05, 3.63) is 10.5 Å². The zero-order valence-electron chi connectivity index (χ0n) is 15.1. The average molecular weight is 398 g/mol. The van der Waals surface area contributed by atoms with Gasteiger partial charge in [0.05, 0.1) is 18.4 Å². The van der Waals surface area contributed by atoms with Crippen LogP contribution in [0.15, 0.2) is 9.95 Å². The van der Waals surface area contributed by atoms with Crippen molar-refractivity contribution in [2.24, 2.45) is 0 Å². The fourth-order valence-corrected chi connectivity index (χ4v) is 3.63. The lowest BCUT2D eigenvalue weighted by Crippen LogP contribution is -2.49. The van der Waals surface area contributed by atoms with Gasteiger partial charge in [-0.2, -0.15) is 5.01 Å². The van der Waals surface area contributed by atoms with Gasteiger partial charge in [-0.15, -0.1) is 5.10 Å². The normalized spacial score (nSPS) is 25.1. The maximum Gasteiger partial charge on any atom is 0.344 e. The van der Waals surface area contributed by atoms with E-state index >= 15 is 0 Å². The van der Waals surface area contributed by atoms with E-state index in [2.05, 4.69) is 20.9 Å². The monoisotopic (exact) mass is 398 g/mol. The van der Waals surface area contributed by atoms with Crippen molar-refractivity contribution in [1.29, 1.82) is 0 Å². The molecular weight excluding hydrogens is 376 g/mol. The van der Waals surface area contributed by atoms with Crippen molar-refractivity contribution in [3.8, 4) is 0 Å². The van der Waals surface area contributed by atoms with Gasteiger partial charge in [0.25, 0.3) is 5.91 Å². The number of hydrazine groups is 1. The Balaban J connectivity index is 1.58. The van der Waals surface area contributed by atoms with Crippen LogP contribution in [0.2, 0.25) is 0 Å². The minimum Gasteiger partial charge on any atom is -0.376 e. The van der Waals surface area contributed by atoms with Crippen LogP contribution < -0.4 is 16.4 Å². The van der Waals surface area contributed by atoms with Gasteiger partial charge >= 0.3 is 11.7 Å². The second kappa shape index (κ2) is 7.72. The summed E-state index contributed by atoms with van der Waals surface area (Å²) in [6, 6.07) is -0.669. The van der Waals surface area contributed by atoms with Crippen LogP contribution in [0.3, 0.4) is 0 Å². The summed E-state index contributed by atoms with van der Waals surface area (Å²) in [5.41, 5.74) is 0.899. The highest BCUT2D eigenvalue weighted by molar-refractivity contribution is 7.99. The van der Waals surface area contributed by atoms with E-state index in [1.54, 1.807) is 13.8 Å². The Morgan fingerprint density at radius 1 is 1.44 bits per heavy atom. The van der Waals surface area contributed by atoms with Crippen molar-refractivity contribution in [3.63, 3.8) is 0 Å². The molecule has 2 saturated heterocycles. The molecule has 3 rings (SSSR count). The maximum absolute atomic E-state index is 12.3. The highest BCUT2D eigenvalue weighted by Crippen LogP contribution is 2.20. The second-order valence-corrected chi connectivity index (χ2v) is 7.58. The van der Waals surface area contributed by atoms with Crippen LogP contribution in [0.5, 0.6) is 0 Å². The van der Waals surface area contributed by atoms with Gasteiger partial charge in [0.2, 0.25) is 5.91 Å². The summed E-state index contributed by atoms with van der Waals surface area (Å²) in [6.07, 6.45) is 2.17. The van der Waals surface area contributed by atoms with Crippen molar-refractivity contribution >= 4 is 29.6 Å². The van der Waals surface area contributed by atoms with Gasteiger partial charge in [0.1, 0.15) is 5.54 Å². The Hall–Kier alpha value is -2.34. The van der Waals surface area contributed by atoms with E-state index in [0.29, 0.717) is 29.7 Å². The van der Waals surface area contributed by atoms with Gasteiger partial charge < -0.3 is 10.1 Å². The third-order valence-electron chi connectivity index (χ3n) is 4.67. The number of hydrogen-bond acceptors (Lipinski definition) is 7. The van der Waals surface area contributed by atoms with Gasteiger partial charge in [-0.25, -0.2) is 14.7 Å². The molecule has 2 atom stereocenters. The van der Waals surface area contributed by atoms with Crippen molar-refractivity contribution in [2.75, 3.05) is 12.4 Å². The number of rotatable bonds is 7. The molecule has 11 nitrogen and oxygen atoms in total. The summed E-state index contributed by atoms with van der Waals surface area (Å²) in [4.78, 5) is 48.3. The Morgan fingerprint density at radius 3 is 2.85 bits per heavy atom. The van der Waals surface area contributed by atoms with Gasteiger partial charge in [0, 0.05) is 6.61 Å². The Morgan fingerprint density at radius 2 is 2.22 bits per heavy atom. The van der Waals surface area contributed by atoms with Crippen LogP contribution in [0.25, 0.3) is 0 Å². The molecule has 1 aromatic heterocycles. The summed E-state index contributed by atoms with van der Waals surface area (Å²) in [7, 11) is 0. The molecule has 1 aromatic rings. The molecular formula is C15H22N6O5S. The highest BCUT2D eigenvalue weighted by atomic mass is 32.2. The van der Waals surface area contributed by atoms with Crippen LogP contribution in [-0.4, -0.2) is 61.6 Å². The van der Waals surface area contributed by atoms with E-state index in [1.165, 1.54) is 4.57 Å². The van der Waals surface area contributed by atoms with Crippen LogP contribution in [-0.2, 0) is 20.9 Å². The van der Waals surface area contributed by atoms with Crippen LogP contribution in [0.1, 0.15) is 33.1 Å². The lowest BCUT2D eigenvalue weighted by atomic mass is 10.00. The van der Waals surface area contributed by atoms with Gasteiger partial charge in [-0.1, -0.05) is 18.7 Å². The minimum atomic E-state index is -1.03. The Kier molecular flexibility index (Phi) is 5.56. The standard InChI is InChI=1S/C15H22N6O5S/c1-3-15(2)11(23)21(12(24)16-15)19-10(22)8-27-14-18-17-13(25)20(14)7-9-5-4-6-26-9/h9H,3-8H2,1-2H3,(H,16,24)(H,17,25)(H,19,22). The van der Waals surface area contributed by atoms with Gasteiger partial charge in [0.15, 0.2) is 5.16 Å². The number of urea groups is 1. The Bertz CT molecular complexity index is 801. The number of hydrogen-bond donors (Lipinski definition) is 3. The fraction of sp³-hybridized carbons (Fsp3) is 0.667. The molecule has 27 heavy (non-hydrogen) atoms. The number of amides is 4. The predicted molar refractivity (Wildman–Crippen MR) is 94.8 cm³/mol. The summed E-state index contributed by atoms with van der Waals surface area (Å²) >= 11 is 1.03. The minimum absolute atomic E-state index is 0.0499. The summed E-state index contributed by atoms with van der Waals surface area (Å²) in [5.74, 6) is -1.18. The molecule has 3 heterocycles. The molecule has 2 aliphatic heterocycles. The molecule has 12 heteroatoms. The van der Waals surface area contributed by atoms with Crippen molar-refractivity contribution in [1.82, 2.24) is 30.5 Å². The molecule has 0 saturated carbocycles. The molecule has 0 aliphatic carbocycles. The molecule has 0 aromatic carbocycles. The SMILES string of the molecule is CCC1(C)NC(=O)N(NC(=O)CSc2n[nH]c(=O)n2CC2CCCO2)C1=O.